The molecule has 0 aliphatic heterocycles. The quantitative estimate of drug-likeness (QED) is 0.671. The van der Waals surface area contributed by atoms with Crippen molar-refractivity contribution < 1.29 is 0 Å². The minimum absolute atomic E-state index is 0.783. The van der Waals surface area contributed by atoms with Crippen molar-refractivity contribution in [3.63, 3.8) is 0 Å². The fourth-order valence-corrected chi connectivity index (χ4v) is 1.12. The van der Waals surface area contributed by atoms with Gasteiger partial charge in [-0.05, 0) is 18.2 Å². The molecule has 0 saturated carbocycles. The predicted molar refractivity (Wildman–Crippen MR) is 63.8 cm³/mol. The molecule has 1 aromatic carbocycles. The maximum atomic E-state index is 3.66. The molecule has 0 atom stereocenters. The van der Waals surface area contributed by atoms with E-state index in [-0.39, 0.29) is 0 Å². The Balaban J connectivity index is 2.58. The summed E-state index contributed by atoms with van der Waals surface area (Å²) in [6, 6.07) is 8.13. The summed E-state index contributed by atoms with van der Waals surface area (Å²) < 4.78 is 0. The Hall–Kier alpha value is -1.70. The molecule has 2 heteroatoms. The van der Waals surface area contributed by atoms with Gasteiger partial charge in [-0.2, -0.15) is 0 Å². The van der Waals surface area contributed by atoms with Crippen molar-refractivity contribution in [3.05, 3.63) is 49.6 Å². The molecule has 1 rings (SSSR count). The molecule has 0 unspecified atom stereocenters. The lowest BCUT2D eigenvalue weighted by atomic mass is 10.2. The zero-order chi connectivity index (χ0) is 10.2. The van der Waals surface area contributed by atoms with Gasteiger partial charge in [0.2, 0.25) is 0 Å². The van der Waals surface area contributed by atoms with E-state index in [0.717, 1.165) is 24.5 Å². The molecule has 14 heavy (non-hydrogen) atoms. The monoisotopic (exact) mass is 188 g/mol. The molecule has 0 fully saturated rings. The molecule has 0 heterocycles. The molecule has 0 amide bonds. The number of hydrogen-bond donors (Lipinski definition) is 2. The maximum Gasteiger partial charge on any atom is 0.0363 e. The highest BCUT2D eigenvalue weighted by molar-refractivity contribution is 5.56. The zero-order valence-corrected chi connectivity index (χ0v) is 8.29. The van der Waals surface area contributed by atoms with Crippen LogP contribution in [0, 0.1) is 0 Å². The second-order valence-corrected chi connectivity index (χ2v) is 2.92. The summed E-state index contributed by atoms with van der Waals surface area (Å²) in [5, 5.41) is 6.45. The first-order valence-electron chi connectivity index (χ1n) is 4.66. The largest absolute Gasteiger partial charge is 0.382 e. The first-order chi connectivity index (χ1) is 6.86. The Bertz CT molecular complexity index is 278. The zero-order valence-electron chi connectivity index (χ0n) is 8.29. The summed E-state index contributed by atoms with van der Waals surface area (Å²) >= 11 is 0. The average Bonchev–Trinajstić information content (AvgIpc) is 2.24. The van der Waals surface area contributed by atoms with E-state index < -0.39 is 0 Å². The Morgan fingerprint density at radius 3 is 1.93 bits per heavy atom. The standard InChI is InChI=1S/C12H16N2/c1-3-8-13-11-6-5-7-12(10-11)14-9-4-2/h3-7,10,13-14H,1-2,8-9H2. The van der Waals surface area contributed by atoms with Crippen molar-refractivity contribution in [3.8, 4) is 0 Å². The van der Waals surface area contributed by atoms with Crippen molar-refractivity contribution in [2.75, 3.05) is 23.7 Å². The fourth-order valence-electron chi connectivity index (χ4n) is 1.12. The van der Waals surface area contributed by atoms with Gasteiger partial charge < -0.3 is 10.6 Å². The second kappa shape index (κ2) is 5.86. The molecular formula is C12H16N2. The van der Waals surface area contributed by atoms with Gasteiger partial charge in [-0.3, -0.25) is 0 Å². The van der Waals surface area contributed by atoms with Crippen molar-refractivity contribution in [2.24, 2.45) is 0 Å². The summed E-state index contributed by atoms with van der Waals surface area (Å²) in [4.78, 5) is 0. The van der Waals surface area contributed by atoms with Gasteiger partial charge in [0.05, 0.1) is 0 Å². The molecule has 74 valence electrons. The van der Waals surface area contributed by atoms with E-state index in [1.165, 1.54) is 0 Å². The lowest BCUT2D eigenvalue weighted by Crippen LogP contribution is -2.00. The first kappa shape index (κ1) is 10.4. The Morgan fingerprint density at radius 2 is 1.50 bits per heavy atom. The molecule has 2 nitrogen and oxygen atoms in total. The van der Waals surface area contributed by atoms with Gasteiger partial charge >= 0.3 is 0 Å². The van der Waals surface area contributed by atoms with Gasteiger partial charge in [0.25, 0.3) is 0 Å². The van der Waals surface area contributed by atoms with E-state index in [9.17, 15) is 0 Å². The van der Waals surface area contributed by atoms with Crippen LogP contribution in [0.1, 0.15) is 0 Å². The third-order valence-corrected chi connectivity index (χ3v) is 1.76. The Labute approximate surface area is 85.3 Å². The van der Waals surface area contributed by atoms with Gasteiger partial charge in [-0.25, -0.2) is 0 Å². The maximum absolute atomic E-state index is 3.66. The number of benzene rings is 1. The number of nitrogens with one attached hydrogen (secondary N) is 2. The van der Waals surface area contributed by atoms with Crippen molar-refractivity contribution >= 4 is 11.4 Å². The summed E-state index contributed by atoms with van der Waals surface area (Å²) in [5.41, 5.74) is 2.19. The molecule has 0 aliphatic carbocycles. The summed E-state index contributed by atoms with van der Waals surface area (Å²) in [5.74, 6) is 0. The van der Waals surface area contributed by atoms with Crippen LogP contribution in [0.5, 0.6) is 0 Å². The normalized spacial score (nSPS) is 9.14. The van der Waals surface area contributed by atoms with Crippen molar-refractivity contribution in [1.29, 1.82) is 0 Å². The highest BCUT2D eigenvalue weighted by atomic mass is 14.9. The first-order valence-corrected chi connectivity index (χ1v) is 4.66. The molecule has 0 spiro atoms. The van der Waals surface area contributed by atoms with Gasteiger partial charge in [0, 0.05) is 24.5 Å². The molecule has 0 saturated heterocycles. The highest BCUT2D eigenvalue weighted by Gasteiger charge is 1.92. The van der Waals surface area contributed by atoms with Gasteiger partial charge in [0.1, 0.15) is 0 Å². The van der Waals surface area contributed by atoms with Crippen LogP contribution >= 0.6 is 0 Å². The van der Waals surface area contributed by atoms with E-state index >= 15 is 0 Å². The molecular weight excluding hydrogens is 172 g/mol. The van der Waals surface area contributed by atoms with E-state index in [1.54, 1.807) is 0 Å². The third kappa shape index (κ3) is 3.35. The SMILES string of the molecule is C=CCNc1cccc(NCC=C)c1. The van der Waals surface area contributed by atoms with Crippen LogP contribution in [0.25, 0.3) is 0 Å². The van der Waals surface area contributed by atoms with Crippen LogP contribution in [0.3, 0.4) is 0 Å². The molecule has 0 aromatic heterocycles. The lowest BCUT2D eigenvalue weighted by Gasteiger charge is -2.07. The van der Waals surface area contributed by atoms with Crippen LogP contribution in [-0.2, 0) is 0 Å². The van der Waals surface area contributed by atoms with Crippen molar-refractivity contribution in [1.82, 2.24) is 0 Å². The highest BCUT2D eigenvalue weighted by Crippen LogP contribution is 2.14. The number of anilines is 2. The Morgan fingerprint density at radius 1 is 1.00 bits per heavy atom. The van der Waals surface area contributed by atoms with E-state index in [4.69, 9.17) is 0 Å². The molecule has 0 radical (unpaired) electrons. The van der Waals surface area contributed by atoms with Gasteiger partial charge in [0.15, 0.2) is 0 Å². The van der Waals surface area contributed by atoms with E-state index in [0.29, 0.717) is 0 Å². The predicted octanol–water partition coefficient (Wildman–Crippen LogP) is 2.88. The summed E-state index contributed by atoms with van der Waals surface area (Å²) in [6.45, 7) is 8.88. The minimum atomic E-state index is 0.783. The van der Waals surface area contributed by atoms with Gasteiger partial charge in [-0.1, -0.05) is 18.2 Å². The molecule has 2 N–H and O–H groups in total. The average molecular weight is 188 g/mol. The Kier molecular flexibility index (Phi) is 4.35. The van der Waals surface area contributed by atoms with Gasteiger partial charge in [-0.15, -0.1) is 13.2 Å². The van der Waals surface area contributed by atoms with Crippen LogP contribution < -0.4 is 10.6 Å². The van der Waals surface area contributed by atoms with E-state index in [2.05, 4.69) is 29.9 Å². The van der Waals surface area contributed by atoms with Crippen LogP contribution in [0.15, 0.2) is 49.6 Å². The van der Waals surface area contributed by atoms with Crippen molar-refractivity contribution in [2.45, 2.75) is 0 Å². The minimum Gasteiger partial charge on any atom is -0.382 e. The van der Waals surface area contributed by atoms with Crippen LogP contribution in [-0.4, -0.2) is 13.1 Å². The summed E-state index contributed by atoms with van der Waals surface area (Å²) in [7, 11) is 0. The second-order valence-electron chi connectivity index (χ2n) is 2.92. The van der Waals surface area contributed by atoms with Crippen LogP contribution in [0.2, 0.25) is 0 Å². The smallest absolute Gasteiger partial charge is 0.0363 e. The fraction of sp³-hybridized carbons (Fsp3) is 0.167. The van der Waals surface area contributed by atoms with Crippen LogP contribution in [0.4, 0.5) is 11.4 Å². The number of rotatable bonds is 6. The molecule has 0 bridgehead atoms. The molecule has 0 aliphatic rings. The molecule has 1 aromatic rings. The lowest BCUT2D eigenvalue weighted by molar-refractivity contribution is 1.31. The topological polar surface area (TPSA) is 24.1 Å². The summed E-state index contributed by atoms with van der Waals surface area (Å²) in [6.07, 6.45) is 3.67. The third-order valence-electron chi connectivity index (χ3n) is 1.76. The number of hydrogen-bond acceptors (Lipinski definition) is 2. The van der Waals surface area contributed by atoms with E-state index in [1.807, 2.05) is 30.4 Å².